The molecule has 2 fully saturated rings. The van der Waals surface area contributed by atoms with E-state index in [1.807, 2.05) is 0 Å². The van der Waals surface area contributed by atoms with E-state index in [4.69, 9.17) is 0 Å². The van der Waals surface area contributed by atoms with Gasteiger partial charge >= 0.3 is 0 Å². The van der Waals surface area contributed by atoms with Gasteiger partial charge in [-0.3, -0.25) is 4.79 Å². The van der Waals surface area contributed by atoms with Gasteiger partial charge in [-0.15, -0.1) is 0 Å². The van der Waals surface area contributed by atoms with Crippen LogP contribution in [0, 0.1) is 5.92 Å². The normalized spacial score (nSPS) is 31.4. The molecule has 1 aromatic rings. The molecule has 0 saturated carbocycles. The van der Waals surface area contributed by atoms with Gasteiger partial charge in [0.1, 0.15) is 5.75 Å². The van der Waals surface area contributed by atoms with Crippen LogP contribution in [0.25, 0.3) is 0 Å². The van der Waals surface area contributed by atoms with Crippen molar-refractivity contribution in [1.82, 2.24) is 5.32 Å². The van der Waals surface area contributed by atoms with Crippen LogP contribution in [-0.4, -0.2) is 23.0 Å². The summed E-state index contributed by atoms with van der Waals surface area (Å²) in [6.07, 6.45) is 4.30. The lowest BCUT2D eigenvalue weighted by Crippen LogP contribution is -2.40. The van der Waals surface area contributed by atoms with Crippen LogP contribution in [0.4, 0.5) is 0 Å². The van der Waals surface area contributed by atoms with E-state index < -0.39 is 0 Å². The first-order chi connectivity index (χ1) is 8.22. The molecule has 2 N–H and O–H groups in total. The van der Waals surface area contributed by atoms with E-state index >= 15 is 0 Å². The largest absolute Gasteiger partial charge is 0.508 e. The minimum atomic E-state index is 0.135. The van der Waals surface area contributed by atoms with E-state index in [-0.39, 0.29) is 17.5 Å². The topological polar surface area (TPSA) is 49.3 Å². The summed E-state index contributed by atoms with van der Waals surface area (Å²) in [5.41, 5.74) is 0.649. The lowest BCUT2D eigenvalue weighted by molar-refractivity contribution is 0.0875. The number of piperidine rings is 1. The molecule has 0 spiro atoms. The van der Waals surface area contributed by atoms with Crippen molar-refractivity contribution in [2.75, 3.05) is 0 Å². The molecule has 0 radical (unpaired) electrons. The van der Waals surface area contributed by atoms with Crippen LogP contribution in [0.1, 0.15) is 36.0 Å². The quantitative estimate of drug-likeness (QED) is 0.766. The summed E-state index contributed by atoms with van der Waals surface area (Å²) in [6.45, 7) is 0. The molecular formula is C14H17NO2. The summed E-state index contributed by atoms with van der Waals surface area (Å²) in [5.74, 6) is 0.502. The monoisotopic (exact) mass is 231 g/mol. The second-order valence-electron chi connectivity index (χ2n) is 5.22. The van der Waals surface area contributed by atoms with E-state index in [2.05, 4.69) is 5.32 Å². The average Bonchev–Trinajstić information content (AvgIpc) is 2.67. The van der Waals surface area contributed by atoms with Crippen LogP contribution >= 0.6 is 0 Å². The summed E-state index contributed by atoms with van der Waals surface area (Å²) >= 11 is 0. The highest BCUT2D eigenvalue weighted by molar-refractivity contribution is 5.98. The average molecular weight is 231 g/mol. The van der Waals surface area contributed by atoms with E-state index in [0.29, 0.717) is 17.6 Å². The standard InChI is InChI=1S/C14H17NO2/c16-13-3-1-2-9(8-13)14(17)10-6-11-4-5-12(7-10)15-11/h1-3,8,10-12,15-16H,4-7H2. The maximum Gasteiger partial charge on any atom is 0.166 e. The van der Waals surface area contributed by atoms with Gasteiger partial charge in [-0.05, 0) is 37.8 Å². The molecule has 2 aliphatic rings. The molecule has 17 heavy (non-hydrogen) atoms. The SMILES string of the molecule is O=C(c1cccc(O)c1)C1CC2CCC(C1)N2. The van der Waals surface area contributed by atoms with Gasteiger partial charge in [0.25, 0.3) is 0 Å². The van der Waals surface area contributed by atoms with Gasteiger partial charge < -0.3 is 10.4 Å². The molecule has 90 valence electrons. The van der Waals surface area contributed by atoms with Gasteiger partial charge in [0.2, 0.25) is 0 Å². The predicted octanol–water partition coefficient (Wildman–Crippen LogP) is 2.11. The van der Waals surface area contributed by atoms with E-state index in [0.717, 1.165) is 12.8 Å². The predicted molar refractivity (Wildman–Crippen MR) is 65.1 cm³/mol. The maximum absolute atomic E-state index is 12.3. The number of carbonyl (C=O) groups excluding carboxylic acids is 1. The summed E-state index contributed by atoms with van der Waals surface area (Å²) in [4.78, 5) is 12.3. The number of ketones is 1. The zero-order valence-electron chi connectivity index (χ0n) is 9.73. The molecule has 3 nitrogen and oxygen atoms in total. The van der Waals surface area contributed by atoms with Crippen LogP contribution in [0.15, 0.2) is 24.3 Å². The number of nitrogens with one attached hydrogen (secondary N) is 1. The number of phenolic OH excluding ortho intramolecular Hbond substituents is 1. The number of rotatable bonds is 2. The highest BCUT2D eigenvalue weighted by Crippen LogP contribution is 2.33. The number of benzene rings is 1. The van der Waals surface area contributed by atoms with Gasteiger partial charge in [0.05, 0.1) is 0 Å². The first kappa shape index (κ1) is 10.8. The number of Topliss-reactive ketones (excluding diaryl/α,β-unsaturated/α-hetero) is 1. The fourth-order valence-electron chi connectivity index (χ4n) is 3.17. The minimum absolute atomic E-state index is 0.135. The van der Waals surface area contributed by atoms with Crippen LogP contribution in [0.3, 0.4) is 0 Å². The van der Waals surface area contributed by atoms with Gasteiger partial charge in [-0.1, -0.05) is 12.1 Å². The first-order valence-electron chi connectivity index (χ1n) is 6.31. The molecule has 2 bridgehead atoms. The maximum atomic E-state index is 12.3. The van der Waals surface area contributed by atoms with Gasteiger partial charge in [0, 0.05) is 23.6 Å². The van der Waals surface area contributed by atoms with Crippen molar-refractivity contribution >= 4 is 5.78 Å². The Kier molecular flexibility index (Phi) is 2.63. The zero-order chi connectivity index (χ0) is 11.8. The molecule has 1 aromatic carbocycles. The van der Waals surface area contributed by atoms with Crippen LogP contribution in [0.2, 0.25) is 0 Å². The summed E-state index contributed by atoms with van der Waals surface area (Å²) in [7, 11) is 0. The number of fused-ring (bicyclic) bond motifs is 2. The van der Waals surface area contributed by atoms with Crippen molar-refractivity contribution in [2.45, 2.75) is 37.8 Å². The second-order valence-corrected chi connectivity index (χ2v) is 5.22. The highest BCUT2D eigenvalue weighted by Gasteiger charge is 2.36. The molecule has 0 aromatic heterocycles. The fourth-order valence-corrected chi connectivity index (χ4v) is 3.17. The molecule has 3 heteroatoms. The minimum Gasteiger partial charge on any atom is -0.508 e. The van der Waals surface area contributed by atoms with E-state index in [9.17, 15) is 9.90 Å². The Bertz CT molecular complexity index is 432. The van der Waals surface area contributed by atoms with Crippen molar-refractivity contribution < 1.29 is 9.90 Å². The summed E-state index contributed by atoms with van der Waals surface area (Å²) in [6, 6.07) is 7.76. The highest BCUT2D eigenvalue weighted by atomic mass is 16.3. The smallest absolute Gasteiger partial charge is 0.166 e. The Labute approximate surface area is 101 Å². The molecule has 0 amide bonds. The number of hydrogen-bond donors (Lipinski definition) is 2. The third-order valence-electron chi connectivity index (χ3n) is 3.97. The Morgan fingerprint density at radius 3 is 2.59 bits per heavy atom. The third-order valence-corrected chi connectivity index (χ3v) is 3.97. The molecule has 2 heterocycles. The Morgan fingerprint density at radius 1 is 1.24 bits per heavy atom. The van der Waals surface area contributed by atoms with Crippen LogP contribution in [0.5, 0.6) is 5.75 Å². The number of carbonyl (C=O) groups is 1. The summed E-state index contributed by atoms with van der Waals surface area (Å²) in [5, 5.41) is 12.9. The van der Waals surface area contributed by atoms with Crippen LogP contribution in [-0.2, 0) is 0 Å². The summed E-state index contributed by atoms with van der Waals surface area (Å²) < 4.78 is 0. The van der Waals surface area contributed by atoms with Gasteiger partial charge in [-0.25, -0.2) is 0 Å². The molecule has 2 unspecified atom stereocenters. The van der Waals surface area contributed by atoms with Crippen molar-refractivity contribution in [2.24, 2.45) is 5.92 Å². The van der Waals surface area contributed by atoms with E-state index in [1.165, 1.54) is 12.8 Å². The van der Waals surface area contributed by atoms with Gasteiger partial charge in [0.15, 0.2) is 5.78 Å². The molecular weight excluding hydrogens is 214 g/mol. The Morgan fingerprint density at radius 2 is 1.94 bits per heavy atom. The lowest BCUT2D eigenvalue weighted by atomic mass is 9.86. The number of phenols is 1. The lowest BCUT2D eigenvalue weighted by Gasteiger charge is -2.28. The molecule has 3 rings (SSSR count). The first-order valence-corrected chi connectivity index (χ1v) is 6.31. The van der Waals surface area contributed by atoms with E-state index in [1.54, 1.807) is 24.3 Å². The number of hydrogen-bond acceptors (Lipinski definition) is 3. The van der Waals surface area contributed by atoms with Crippen LogP contribution < -0.4 is 5.32 Å². The molecule has 0 aliphatic carbocycles. The van der Waals surface area contributed by atoms with Crippen molar-refractivity contribution in [3.05, 3.63) is 29.8 Å². The second kappa shape index (κ2) is 4.15. The molecule has 2 aliphatic heterocycles. The molecule has 2 saturated heterocycles. The third kappa shape index (κ3) is 2.07. The zero-order valence-corrected chi connectivity index (χ0v) is 9.73. The fraction of sp³-hybridized carbons (Fsp3) is 0.500. The van der Waals surface area contributed by atoms with Crippen molar-refractivity contribution in [3.63, 3.8) is 0 Å². The Balaban J connectivity index is 1.78. The van der Waals surface area contributed by atoms with Crippen molar-refractivity contribution in [3.8, 4) is 5.75 Å². The van der Waals surface area contributed by atoms with Crippen molar-refractivity contribution in [1.29, 1.82) is 0 Å². The Hall–Kier alpha value is -1.35. The van der Waals surface area contributed by atoms with Gasteiger partial charge in [-0.2, -0.15) is 0 Å². The number of aromatic hydroxyl groups is 1. The molecule has 2 atom stereocenters.